The van der Waals surface area contributed by atoms with Gasteiger partial charge in [0.05, 0.1) is 6.33 Å². The summed E-state index contributed by atoms with van der Waals surface area (Å²) >= 11 is 0. The summed E-state index contributed by atoms with van der Waals surface area (Å²) in [4.78, 5) is 33.2. The highest BCUT2D eigenvalue weighted by atomic mass is 16.4. The number of rotatable bonds is 10. The molecule has 1 amide bonds. The second-order valence-corrected chi connectivity index (χ2v) is 7.93. The van der Waals surface area contributed by atoms with E-state index in [-0.39, 0.29) is 17.6 Å². The number of pyridine rings is 1. The summed E-state index contributed by atoms with van der Waals surface area (Å²) in [5.41, 5.74) is 2.79. The molecule has 1 unspecified atom stereocenters. The number of carboxylic acid groups (broad SMARTS) is 1. The number of aromatic nitrogens is 3. The van der Waals surface area contributed by atoms with Gasteiger partial charge in [0.25, 0.3) is 5.91 Å². The van der Waals surface area contributed by atoms with E-state index in [1.165, 1.54) is 0 Å². The summed E-state index contributed by atoms with van der Waals surface area (Å²) in [6.45, 7) is 6.20. The molecule has 2 aromatic heterocycles. The fourth-order valence-corrected chi connectivity index (χ4v) is 3.68. The lowest BCUT2D eigenvalue weighted by atomic mass is 10.1. The Balaban J connectivity index is 1.79. The van der Waals surface area contributed by atoms with Crippen molar-refractivity contribution in [3.8, 4) is 11.3 Å². The Kier molecular flexibility index (Phi) is 7.76. The zero-order chi connectivity index (χ0) is 23.1. The Hall–Kier alpha value is -3.48. The van der Waals surface area contributed by atoms with E-state index < -0.39 is 5.97 Å². The molecule has 3 aromatic rings. The molecule has 0 fully saturated rings. The number of hydrogen-bond acceptors (Lipinski definition) is 4. The van der Waals surface area contributed by atoms with Crippen LogP contribution in [0.2, 0.25) is 0 Å². The van der Waals surface area contributed by atoms with Gasteiger partial charge in [-0.3, -0.25) is 4.79 Å². The highest BCUT2D eigenvalue weighted by Gasteiger charge is 2.22. The summed E-state index contributed by atoms with van der Waals surface area (Å²) in [7, 11) is 0. The predicted octanol–water partition coefficient (Wildman–Crippen LogP) is 5.60. The van der Waals surface area contributed by atoms with Gasteiger partial charge in [0.2, 0.25) is 0 Å². The first-order chi connectivity index (χ1) is 15.4. The Morgan fingerprint density at radius 3 is 2.50 bits per heavy atom. The van der Waals surface area contributed by atoms with Gasteiger partial charge in [0.15, 0.2) is 5.69 Å². The number of unbranched alkanes of at least 4 members (excludes halogenated alkanes) is 2. The van der Waals surface area contributed by atoms with Gasteiger partial charge in [-0.1, -0.05) is 45.2 Å². The molecule has 32 heavy (non-hydrogen) atoms. The van der Waals surface area contributed by atoms with Gasteiger partial charge in [0, 0.05) is 23.4 Å². The van der Waals surface area contributed by atoms with E-state index in [4.69, 9.17) is 0 Å². The van der Waals surface area contributed by atoms with Crippen LogP contribution in [0.15, 0.2) is 48.9 Å². The number of aryl methyl sites for hydroxylation is 1. The number of nitrogens with zero attached hydrogens (tertiary/aromatic N) is 3. The second kappa shape index (κ2) is 10.7. The van der Waals surface area contributed by atoms with E-state index in [1.54, 1.807) is 41.4 Å². The maximum absolute atomic E-state index is 12.6. The monoisotopic (exact) mass is 434 g/mol. The fourth-order valence-electron chi connectivity index (χ4n) is 3.68. The predicted molar refractivity (Wildman–Crippen MR) is 125 cm³/mol. The van der Waals surface area contributed by atoms with Crippen molar-refractivity contribution in [3.63, 3.8) is 0 Å². The van der Waals surface area contributed by atoms with Crippen LogP contribution < -0.4 is 5.32 Å². The lowest BCUT2D eigenvalue weighted by Crippen LogP contribution is -2.13. The lowest BCUT2D eigenvalue weighted by Gasteiger charge is -2.15. The van der Waals surface area contributed by atoms with Gasteiger partial charge in [-0.25, -0.2) is 14.8 Å². The number of aromatic carboxylic acids is 1. The zero-order valence-electron chi connectivity index (χ0n) is 18.8. The summed E-state index contributed by atoms with van der Waals surface area (Å²) in [6.07, 6.45) is 8.31. The van der Waals surface area contributed by atoms with E-state index >= 15 is 0 Å². The normalized spacial score (nSPS) is 11.8. The van der Waals surface area contributed by atoms with Crippen LogP contribution in [0.4, 0.5) is 5.82 Å². The minimum absolute atomic E-state index is 0.0466. The molecular weight excluding hydrogens is 404 g/mol. The van der Waals surface area contributed by atoms with Gasteiger partial charge in [-0.2, -0.15) is 0 Å². The third-order valence-electron chi connectivity index (χ3n) is 5.59. The van der Waals surface area contributed by atoms with Crippen molar-refractivity contribution in [3.05, 3.63) is 65.7 Å². The molecule has 1 aromatic carbocycles. The van der Waals surface area contributed by atoms with Crippen molar-refractivity contribution in [1.29, 1.82) is 0 Å². The van der Waals surface area contributed by atoms with Crippen LogP contribution in [0, 0.1) is 0 Å². The number of amides is 1. The molecule has 0 spiro atoms. The molecule has 7 heteroatoms. The summed E-state index contributed by atoms with van der Waals surface area (Å²) in [5, 5.41) is 12.6. The van der Waals surface area contributed by atoms with E-state index in [9.17, 15) is 14.7 Å². The standard InChI is InChI=1S/C25H30N4O3/c1-4-6-7-8-17(3)29-16-27-22(23(29)25(31)32)19-9-11-20(12-10-19)24(30)28-21-15-18(5-2)13-14-26-21/h9-17H,4-8H2,1-3H3,(H,31,32)(H,26,28,30). The first-order valence-electron chi connectivity index (χ1n) is 11.1. The lowest BCUT2D eigenvalue weighted by molar-refractivity contribution is 0.0683. The van der Waals surface area contributed by atoms with Crippen LogP contribution in [-0.4, -0.2) is 31.5 Å². The number of hydrogen-bond donors (Lipinski definition) is 2. The molecule has 0 aliphatic carbocycles. The second-order valence-electron chi connectivity index (χ2n) is 7.93. The Morgan fingerprint density at radius 1 is 1.09 bits per heavy atom. The van der Waals surface area contributed by atoms with Gasteiger partial charge in [-0.15, -0.1) is 0 Å². The number of carboxylic acids is 1. The topological polar surface area (TPSA) is 97.1 Å². The number of imidazole rings is 1. The van der Waals surface area contributed by atoms with Crippen LogP contribution in [-0.2, 0) is 6.42 Å². The summed E-state index contributed by atoms with van der Waals surface area (Å²) in [6, 6.07) is 10.6. The van der Waals surface area contributed by atoms with Crippen molar-refractivity contribution in [2.75, 3.05) is 5.32 Å². The van der Waals surface area contributed by atoms with E-state index in [0.29, 0.717) is 22.6 Å². The molecule has 0 bridgehead atoms. The molecule has 2 heterocycles. The van der Waals surface area contributed by atoms with Gasteiger partial charge in [-0.05, 0) is 49.6 Å². The van der Waals surface area contributed by atoms with Crippen molar-refractivity contribution >= 4 is 17.7 Å². The first-order valence-corrected chi connectivity index (χ1v) is 11.1. The van der Waals surface area contributed by atoms with E-state index in [0.717, 1.165) is 37.7 Å². The van der Waals surface area contributed by atoms with Gasteiger partial charge < -0.3 is 15.0 Å². The smallest absolute Gasteiger partial charge is 0.354 e. The molecular formula is C25H30N4O3. The molecule has 1 atom stereocenters. The average molecular weight is 435 g/mol. The molecule has 0 aliphatic heterocycles. The quantitative estimate of drug-likeness (QED) is 0.405. The third-order valence-corrected chi connectivity index (χ3v) is 5.59. The maximum atomic E-state index is 12.6. The van der Waals surface area contributed by atoms with Crippen LogP contribution in [0.25, 0.3) is 11.3 Å². The van der Waals surface area contributed by atoms with E-state index in [2.05, 4.69) is 22.2 Å². The largest absolute Gasteiger partial charge is 0.477 e. The molecule has 0 saturated heterocycles. The van der Waals surface area contributed by atoms with E-state index in [1.807, 2.05) is 26.0 Å². The van der Waals surface area contributed by atoms with Crippen molar-refractivity contribution in [2.45, 2.75) is 58.9 Å². The molecule has 0 radical (unpaired) electrons. The average Bonchev–Trinajstić information content (AvgIpc) is 3.25. The molecule has 168 valence electrons. The summed E-state index contributed by atoms with van der Waals surface area (Å²) < 4.78 is 1.74. The van der Waals surface area contributed by atoms with Crippen LogP contribution in [0.5, 0.6) is 0 Å². The number of benzene rings is 1. The zero-order valence-corrected chi connectivity index (χ0v) is 18.8. The van der Waals surface area contributed by atoms with Gasteiger partial charge >= 0.3 is 5.97 Å². The van der Waals surface area contributed by atoms with Crippen molar-refractivity contribution < 1.29 is 14.7 Å². The number of anilines is 1. The SMILES string of the molecule is CCCCCC(C)n1cnc(-c2ccc(C(=O)Nc3cc(CC)ccn3)cc2)c1C(=O)O. The Bertz CT molecular complexity index is 1070. The van der Waals surface area contributed by atoms with Crippen molar-refractivity contribution in [2.24, 2.45) is 0 Å². The van der Waals surface area contributed by atoms with Crippen LogP contribution in [0.3, 0.4) is 0 Å². The highest BCUT2D eigenvalue weighted by molar-refractivity contribution is 6.04. The molecule has 3 rings (SSSR count). The summed E-state index contributed by atoms with van der Waals surface area (Å²) in [5.74, 6) is -0.781. The minimum Gasteiger partial charge on any atom is -0.477 e. The van der Waals surface area contributed by atoms with Crippen molar-refractivity contribution in [1.82, 2.24) is 14.5 Å². The third kappa shape index (κ3) is 5.41. The first kappa shape index (κ1) is 23.2. The number of nitrogens with one attached hydrogen (secondary N) is 1. The highest BCUT2D eigenvalue weighted by Crippen LogP contribution is 2.27. The van der Waals surface area contributed by atoms with Gasteiger partial charge in [0.1, 0.15) is 11.5 Å². The van der Waals surface area contributed by atoms with Crippen LogP contribution >= 0.6 is 0 Å². The number of carbonyl (C=O) groups excluding carboxylic acids is 1. The molecule has 7 nitrogen and oxygen atoms in total. The minimum atomic E-state index is -1.01. The van der Waals surface area contributed by atoms with Crippen LogP contribution in [0.1, 0.15) is 78.9 Å². The Morgan fingerprint density at radius 2 is 1.84 bits per heavy atom. The molecule has 2 N–H and O–H groups in total. The molecule has 0 saturated carbocycles. The molecule has 0 aliphatic rings. The maximum Gasteiger partial charge on any atom is 0.354 e. The fraction of sp³-hybridized carbons (Fsp3) is 0.360. The number of carbonyl (C=O) groups is 2. The Labute approximate surface area is 188 Å².